The van der Waals surface area contributed by atoms with E-state index in [9.17, 15) is 0 Å². The summed E-state index contributed by atoms with van der Waals surface area (Å²) in [7, 11) is 1.56. The first-order valence-corrected chi connectivity index (χ1v) is 2.62. The van der Waals surface area contributed by atoms with Crippen molar-refractivity contribution in [3.63, 3.8) is 0 Å². The van der Waals surface area contributed by atoms with Crippen LogP contribution in [0.25, 0.3) is 0 Å². The summed E-state index contributed by atoms with van der Waals surface area (Å²) in [6.45, 7) is 0. The van der Waals surface area contributed by atoms with E-state index in [0.29, 0.717) is 0 Å². The number of hydrogen-bond acceptors (Lipinski definition) is 4. The first-order chi connectivity index (χ1) is 4.26. The standard InChI is InChI=1S/C5H5N3S/c1-8-4(2-6)5(9)3-7/h8-9H,1H3/b5-4-. The molecule has 0 saturated heterocycles. The minimum atomic E-state index is 0.111. The number of thiol groups is 1. The van der Waals surface area contributed by atoms with Gasteiger partial charge in [-0.1, -0.05) is 0 Å². The molecule has 9 heavy (non-hydrogen) atoms. The maximum absolute atomic E-state index is 8.26. The van der Waals surface area contributed by atoms with Crippen molar-refractivity contribution < 1.29 is 0 Å². The van der Waals surface area contributed by atoms with E-state index in [0.717, 1.165) is 0 Å². The molecule has 0 fully saturated rings. The van der Waals surface area contributed by atoms with Crippen molar-refractivity contribution in [2.24, 2.45) is 0 Å². The summed E-state index contributed by atoms with van der Waals surface area (Å²) in [5.74, 6) is 0. The lowest BCUT2D eigenvalue weighted by Gasteiger charge is -1.92. The molecule has 3 nitrogen and oxygen atoms in total. The van der Waals surface area contributed by atoms with Gasteiger partial charge in [0.05, 0.1) is 0 Å². The van der Waals surface area contributed by atoms with Gasteiger partial charge in [-0.2, -0.15) is 10.5 Å². The number of nitrogens with one attached hydrogen (secondary N) is 1. The van der Waals surface area contributed by atoms with E-state index in [-0.39, 0.29) is 10.6 Å². The Bertz CT molecular complexity index is 205. The average molecular weight is 139 g/mol. The minimum absolute atomic E-state index is 0.111. The highest BCUT2D eigenvalue weighted by molar-refractivity contribution is 7.84. The first kappa shape index (κ1) is 7.87. The van der Waals surface area contributed by atoms with E-state index >= 15 is 0 Å². The highest BCUT2D eigenvalue weighted by Gasteiger charge is 1.95. The Hall–Kier alpha value is -1.13. The van der Waals surface area contributed by atoms with Gasteiger partial charge in [0.1, 0.15) is 22.7 Å². The molecule has 0 aromatic heterocycles. The Balaban J connectivity index is 4.49. The van der Waals surface area contributed by atoms with Crippen LogP contribution in [0.4, 0.5) is 0 Å². The molecule has 46 valence electrons. The van der Waals surface area contributed by atoms with Crippen LogP contribution in [0.15, 0.2) is 10.6 Å². The normalized spacial score (nSPS) is 10.7. The monoisotopic (exact) mass is 139 g/mol. The number of rotatable bonds is 1. The molecule has 0 saturated carbocycles. The SMILES string of the molecule is CN/C(C#N)=C(\S)C#N. The summed E-state index contributed by atoms with van der Waals surface area (Å²) < 4.78 is 0. The summed E-state index contributed by atoms with van der Waals surface area (Å²) in [5.41, 5.74) is 0.195. The predicted molar refractivity (Wildman–Crippen MR) is 36.3 cm³/mol. The summed E-state index contributed by atoms with van der Waals surface area (Å²) in [4.78, 5) is 0.111. The number of hydrogen-bond donors (Lipinski definition) is 2. The fourth-order valence-corrected chi connectivity index (χ4v) is 0.445. The van der Waals surface area contributed by atoms with Crippen LogP contribution < -0.4 is 5.32 Å². The Morgan fingerprint density at radius 2 is 2.00 bits per heavy atom. The molecular formula is C5H5N3S. The predicted octanol–water partition coefficient (Wildman–Crippen LogP) is 0.394. The maximum Gasteiger partial charge on any atom is 0.137 e. The van der Waals surface area contributed by atoms with E-state index < -0.39 is 0 Å². The molecule has 0 aromatic rings. The molecule has 0 aliphatic rings. The Morgan fingerprint density at radius 1 is 1.44 bits per heavy atom. The van der Waals surface area contributed by atoms with Crippen LogP contribution in [-0.4, -0.2) is 7.05 Å². The van der Waals surface area contributed by atoms with Gasteiger partial charge < -0.3 is 5.32 Å². The van der Waals surface area contributed by atoms with Crippen LogP contribution in [0.3, 0.4) is 0 Å². The van der Waals surface area contributed by atoms with Gasteiger partial charge in [0.15, 0.2) is 0 Å². The molecule has 0 bridgehead atoms. The van der Waals surface area contributed by atoms with E-state index in [1.54, 1.807) is 19.2 Å². The highest BCUT2D eigenvalue weighted by Crippen LogP contribution is 2.01. The molecule has 0 aliphatic carbocycles. The fourth-order valence-electron chi connectivity index (χ4n) is 0.283. The van der Waals surface area contributed by atoms with Crippen molar-refractivity contribution in [3.05, 3.63) is 10.6 Å². The molecule has 0 rings (SSSR count). The molecule has 0 aromatic carbocycles. The quantitative estimate of drug-likeness (QED) is 0.408. The fraction of sp³-hybridized carbons (Fsp3) is 0.200. The van der Waals surface area contributed by atoms with Crippen molar-refractivity contribution in [1.29, 1.82) is 10.5 Å². The second-order valence-electron chi connectivity index (χ2n) is 1.20. The van der Waals surface area contributed by atoms with Gasteiger partial charge in [-0.05, 0) is 0 Å². The lowest BCUT2D eigenvalue weighted by atomic mass is 10.4. The second-order valence-corrected chi connectivity index (χ2v) is 1.64. The number of nitrogens with zero attached hydrogens (tertiary/aromatic N) is 2. The van der Waals surface area contributed by atoms with Gasteiger partial charge in [0.25, 0.3) is 0 Å². The van der Waals surface area contributed by atoms with Crippen LogP contribution in [0.1, 0.15) is 0 Å². The third-order valence-corrected chi connectivity index (χ3v) is 1.03. The molecule has 0 amide bonds. The van der Waals surface area contributed by atoms with Crippen LogP contribution >= 0.6 is 12.6 Å². The molecule has 4 heteroatoms. The molecule has 0 radical (unpaired) electrons. The van der Waals surface area contributed by atoms with Crippen LogP contribution in [-0.2, 0) is 0 Å². The summed E-state index contributed by atoms with van der Waals surface area (Å²) >= 11 is 3.72. The van der Waals surface area contributed by atoms with E-state index in [1.807, 2.05) is 0 Å². The summed E-state index contributed by atoms with van der Waals surface area (Å²) in [5, 5.41) is 19.0. The zero-order valence-corrected chi connectivity index (χ0v) is 5.74. The van der Waals surface area contributed by atoms with Crippen molar-refractivity contribution in [2.45, 2.75) is 0 Å². The van der Waals surface area contributed by atoms with Crippen LogP contribution in [0, 0.1) is 22.7 Å². The van der Waals surface area contributed by atoms with Crippen molar-refractivity contribution >= 4 is 12.6 Å². The molecule has 0 atom stereocenters. The molecule has 0 heterocycles. The maximum atomic E-state index is 8.26. The Morgan fingerprint density at radius 3 is 2.11 bits per heavy atom. The van der Waals surface area contributed by atoms with Crippen molar-refractivity contribution in [1.82, 2.24) is 5.32 Å². The summed E-state index contributed by atoms with van der Waals surface area (Å²) in [6.07, 6.45) is 0. The van der Waals surface area contributed by atoms with Gasteiger partial charge in [0.2, 0.25) is 0 Å². The van der Waals surface area contributed by atoms with E-state index in [1.165, 1.54) is 0 Å². The summed E-state index contributed by atoms with van der Waals surface area (Å²) in [6, 6.07) is 3.50. The van der Waals surface area contributed by atoms with Gasteiger partial charge in [-0.3, -0.25) is 0 Å². The molecule has 0 aliphatic heterocycles. The lowest BCUT2D eigenvalue weighted by Crippen LogP contribution is -2.04. The number of nitriles is 2. The van der Waals surface area contributed by atoms with Crippen LogP contribution in [0.5, 0.6) is 0 Å². The Labute approximate surface area is 59.0 Å². The molecule has 0 unspecified atom stereocenters. The molecular weight excluding hydrogens is 134 g/mol. The van der Waals surface area contributed by atoms with Crippen LogP contribution in [0.2, 0.25) is 0 Å². The van der Waals surface area contributed by atoms with Gasteiger partial charge in [-0.25, -0.2) is 0 Å². The lowest BCUT2D eigenvalue weighted by molar-refractivity contribution is 1.03. The smallest absolute Gasteiger partial charge is 0.137 e. The van der Waals surface area contributed by atoms with E-state index in [2.05, 4.69) is 17.9 Å². The largest absolute Gasteiger partial charge is 0.378 e. The van der Waals surface area contributed by atoms with E-state index in [4.69, 9.17) is 10.5 Å². The number of allylic oxidation sites excluding steroid dienone is 2. The Kier molecular flexibility index (Phi) is 3.34. The average Bonchev–Trinajstić information content (AvgIpc) is 1.90. The van der Waals surface area contributed by atoms with Gasteiger partial charge in [0, 0.05) is 7.05 Å². The van der Waals surface area contributed by atoms with Gasteiger partial charge in [-0.15, -0.1) is 12.6 Å². The second kappa shape index (κ2) is 3.82. The topological polar surface area (TPSA) is 59.6 Å². The third-order valence-electron chi connectivity index (χ3n) is 0.705. The molecule has 1 N–H and O–H groups in total. The van der Waals surface area contributed by atoms with Crippen molar-refractivity contribution in [3.8, 4) is 12.1 Å². The highest BCUT2D eigenvalue weighted by atomic mass is 32.1. The zero-order chi connectivity index (χ0) is 7.28. The van der Waals surface area contributed by atoms with Crippen molar-refractivity contribution in [2.75, 3.05) is 7.05 Å². The first-order valence-electron chi connectivity index (χ1n) is 2.17. The minimum Gasteiger partial charge on any atom is -0.378 e. The zero-order valence-electron chi connectivity index (χ0n) is 4.84. The molecule has 0 spiro atoms. The van der Waals surface area contributed by atoms with Gasteiger partial charge >= 0.3 is 0 Å². The third kappa shape index (κ3) is 2.07.